The summed E-state index contributed by atoms with van der Waals surface area (Å²) in [5.74, 6) is 0.792. The standard InChI is InChI=1S/C18H22O3/c1-3-21-18(14-9-5-4-6-10-14)16(19)13-15-11-7-8-12-17(15)20-2/h4-12,16,18-19H,3,13H2,1-2H3. The van der Waals surface area contributed by atoms with E-state index < -0.39 is 6.10 Å². The van der Waals surface area contributed by atoms with E-state index in [1.807, 2.05) is 61.5 Å². The minimum Gasteiger partial charge on any atom is -0.496 e. The lowest BCUT2D eigenvalue weighted by atomic mass is 9.98. The molecule has 0 radical (unpaired) electrons. The van der Waals surface area contributed by atoms with Gasteiger partial charge in [-0.25, -0.2) is 0 Å². The van der Waals surface area contributed by atoms with Crippen molar-refractivity contribution in [1.29, 1.82) is 0 Å². The van der Waals surface area contributed by atoms with Crippen LogP contribution < -0.4 is 4.74 Å². The summed E-state index contributed by atoms with van der Waals surface area (Å²) >= 11 is 0. The van der Waals surface area contributed by atoms with Crippen LogP contribution >= 0.6 is 0 Å². The average molecular weight is 286 g/mol. The van der Waals surface area contributed by atoms with E-state index in [2.05, 4.69) is 0 Å². The number of aliphatic hydroxyl groups excluding tert-OH is 1. The molecule has 2 rings (SSSR count). The van der Waals surface area contributed by atoms with Gasteiger partial charge in [0.1, 0.15) is 11.9 Å². The van der Waals surface area contributed by atoms with Crippen molar-refractivity contribution in [2.75, 3.05) is 13.7 Å². The first-order valence-electron chi connectivity index (χ1n) is 7.22. The highest BCUT2D eigenvalue weighted by Crippen LogP contribution is 2.26. The molecule has 0 heterocycles. The van der Waals surface area contributed by atoms with E-state index in [9.17, 15) is 5.11 Å². The number of para-hydroxylation sites is 1. The van der Waals surface area contributed by atoms with E-state index >= 15 is 0 Å². The third-order valence-electron chi connectivity index (χ3n) is 3.45. The Labute approximate surface area is 126 Å². The van der Waals surface area contributed by atoms with Gasteiger partial charge in [-0.05, 0) is 24.1 Å². The molecule has 0 aliphatic carbocycles. The topological polar surface area (TPSA) is 38.7 Å². The minimum atomic E-state index is -0.622. The Morgan fingerprint density at radius 3 is 2.33 bits per heavy atom. The molecule has 0 saturated heterocycles. The first-order chi connectivity index (χ1) is 10.3. The van der Waals surface area contributed by atoms with Crippen molar-refractivity contribution in [3.8, 4) is 5.75 Å². The summed E-state index contributed by atoms with van der Waals surface area (Å²) in [4.78, 5) is 0. The zero-order valence-electron chi connectivity index (χ0n) is 12.5. The molecule has 0 aliphatic rings. The summed E-state index contributed by atoms with van der Waals surface area (Å²) in [6.45, 7) is 2.49. The number of ether oxygens (including phenoxy) is 2. The molecule has 112 valence electrons. The molecule has 0 fully saturated rings. The van der Waals surface area contributed by atoms with E-state index in [1.54, 1.807) is 7.11 Å². The quantitative estimate of drug-likeness (QED) is 0.848. The minimum absolute atomic E-state index is 0.332. The molecule has 0 amide bonds. The van der Waals surface area contributed by atoms with E-state index in [0.717, 1.165) is 16.9 Å². The lowest BCUT2D eigenvalue weighted by Gasteiger charge is -2.24. The van der Waals surface area contributed by atoms with Gasteiger partial charge in [0.05, 0.1) is 13.2 Å². The van der Waals surface area contributed by atoms with Gasteiger partial charge in [0.2, 0.25) is 0 Å². The van der Waals surface area contributed by atoms with Crippen LogP contribution in [0, 0.1) is 0 Å². The maximum absolute atomic E-state index is 10.6. The molecule has 2 unspecified atom stereocenters. The van der Waals surface area contributed by atoms with Crippen LogP contribution in [0.2, 0.25) is 0 Å². The molecule has 1 N–H and O–H groups in total. The SMILES string of the molecule is CCOC(c1ccccc1)C(O)Cc1ccccc1OC. The van der Waals surface area contributed by atoms with Crippen LogP contribution in [0.1, 0.15) is 24.2 Å². The number of rotatable bonds is 7. The highest BCUT2D eigenvalue weighted by atomic mass is 16.5. The predicted molar refractivity (Wildman–Crippen MR) is 83.5 cm³/mol. The predicted octanol–water partition coefficient (Wildman–Crippen LogP) is 3.38. The van der Waals surface area contributed by atoms with Crippen molar-refractivity contribution in [2.45, 2.75) is 25.6 Å². The smallest absolute Gasteiger partial charge is 0.122 e. The van der Waals surface area contributed by atoms with E-state index in [1.165, 1.54) is 0 Å². The molecule has 0 spiro atoms. The Morgan fingerprint density at radius 1 is 1.00 bits per heavy atom. The molecule has 3 heteroatoms. The summed E-state index contributed by atoms with van der Waals surface area (Å²) in [6.07, 6.45) is -0.464. The number of benzene rings is 2. The lowest BCUT2D eigenvalue weighted by molar-refractivity contribution is -0.0341. The number of hydrogen-bond acceptors (Lipinski definition) is 3. The Morgan fingerprint density at radius 2 is 1.67 bits per heavy atom. The van der Waals surface area contributed by atoms with Crippen molar-refractivity contribution in [3.63, 3.8) is 0 Å². The van der Waals surface area contributed by atoms with Crippen LogP contribution in [0.4, 0.5) is 0 Å². The fourth-order valence-electron chi connectivity index (χ4n) is 2.46. The molecule has 2 atom stereocenters. The second-order valence-electron chi connectivity index (χ2n) is 4.87. The van der Waals surface area contributed by atoms with Gasteiger partial charge < -0.3 is 14.6 Å². The van der Waals surface area contributed by atoms with Crippen LogP contribution in [-0.4, -0.2) is 24.9 Å². The van der Waals surface area contributed by atoms with Gasteiger partial charge >= 0.3 is 0 Å². The maximum atomic E-state index is 10.6. The van der Waals surface area contributed by atoms with E-state index in [0.29, 0.717) is 13.0 Å². The Bertz CT molecular complexity index is 539. The van der Waals surface area contributed by atoms with Gasteiger partial charge in [0.25, 0.3) is 0 Å². The molecule has 2 aromatic carbocycles. The van der Waals surface area contributed by atoms with Gasteiger partial charge in [-0.15, -0.1) is 0 Å². The van der Waals surface area contributed by atoms with Crippen LogP contribution in [0.25, 0.3) is 0 Å². The van der Waals surface area contributed by atoms with Crippen molar-refractivity contribution in [1.82, 2.24) is 0 Å². The average Bonchev–Trinajstić information content (AvgIpc) is 2.53. The number of aliphatic hydroxyl groups is 1. The summed E-state index contributed by atoms with van der Waals surface area (Å²) in [6, 6.07) is 17.6. The van der Waals surface area contributed by atoms with Crippen molar-refractivity contribution in [3.05, 3.63) is 65.7 Å². The molecule has 0 aromatic heterocycles. The van der Waals surface area contributed by atoms with Crippen LogP contribution in [0.5, 0.6) is 5.75 Å². The fourth-order valence-corrected chi connectivity index (χ4v) is 2.46. The summed E-state index contributed by atoms with van der Waals surface area (Å²) in [7, 11) is 1.64. The van der Waals surface area contributed by atoms with Gasteiger partial charge in [0.15, 0.2) is 0 Å². The van der Waals surface area contributed by atoms with Gasteiger partial charge in [-0.3, -0.25) is 0 Å². The van der Waals surface area contributed by atoms with Crippen LogP contribution in [-0.2, 0) is 11.2 Å². The molecule has 3 nitrogen and oxygen atoms in total. The third kappa shape index (κ3) is 4.06. The Hall–Kier alpha value is -1.84. The fraction of sp³-hybridized carbons (Fsp3) is 0.333. The summed E-state index contributed by atoms with van der Waals surface area (Å²) < 4.78 is 11.1. The van der Waals surface area contributed by atoms with Crippen molar-refractivity contribution < 1.29 is 14.6 Å². The number of hydrogen-bond donors (Lipinski definition) is 1. The maximum Gasteiger partial charge on any atom is 0.122 e. The third-order valence-corrected chi connectivity index (χ3v) is 3.45. The summed E-state index contributed by atoms with van der Waals surface area (Å²) in [5, 5.41) is 10.6. The Balaban J connectivity index is 2.17. The highest BCUT2D eigenvalue weighted by molar-refractivity contribution is 5.34. The molecule has 0 bridgehead atoms. The van der Waals surface area contributed by atoms with Crippen LogP contribution in [0.3, 0.4) is 0 Å². The largest absolute Gasteiger partial charge is 0.496 e. The molecular weight excluding hydrogens is 264 g/mol. The van der Waals surface area contributed by atoms with E-state index in [4.69, 9.17) is 9.47 Å². The van der Waals surface area contributed by atoms with E-state index in [-0.39, 0.29) is 6.10 Å². The molecule has 21 heavy (non-hydrogen) atoms. The van der Waals surface area contributed by atoms with Gasteiger partial charge in [-0.1, -0.05) is 48.5 Å². The summed E-state index contributed by atoms with van der Waals surface area (Å²) in [5.41, 5.74) is 1.97. The first kappa shape index (κ1) is 15.5. The van der Waals surface area contributed by atoms with Crippen LogP contribution in [0.15, 0.2) is 54.6 Å². The van der Waals surface area contributed by atoms with Crippen molar-refractivity contribution >= 4 is 0 Å². The first-order valence-corrected chi connectivity index (χ1v) is 7.22. The lowest BCUT2D eigenvalue weighted by Crippen LogP contribution is -2.24. The normalized spacial score (nSPS) is 13.7. The second-order valence-corrected chi connectivity index (χ2v) is 4.87. The highest BCUT2D eigenvalue weighted by Gasteiger charge is 2.22. The molecular formula is C18H22O3. The monoisotopic (exact) mass is 286 g/mol. The molecule has 0 aliphatic heterocycles. The zero-order valence-corrected chi connectivity index (χ0v) is 12.5. The van der Waals surface area contributed by atoms with Crippen molar-refractivity contribution in [2.24, 2.45) is 0 Å². The second kappa shape index (κ2) is 7.81. The molecule has 2 aromatic rings. The Kier molecular flexibility index (Phi) is 5.78. The van der Waals surface area contributed by atoms with Gasteiger partial charge in [-0.2, -0.15) is 0 Å². The molecule has 0 saturated carbocycles. The number of methoxy groups -OCH3 is 1. The zero-order chi connectivity index (χ0) is 15.1. The van der Waals surface area contributed by atoms with Gasteiger partial charge in [0, 0.05) is 13.0 Å².